The summed E-state index contributed by atoms with van der Waals surface area (Å²) in [5.41, 5.74) is 3.58. The van der Waals surface area contributed by atoms with Gasteiger partial charge in [-0.15, -0.1) is 0 Å². The van der Waals surface area contributed by atoms with Crippen LogP contribution in [-0.4, -0.2) is 11.7 Å². The first-order valence-electron chi connectivity index (χ1n) is 17.5. The van der Waals surface area contributed by atoms with E-state index in [1.165, 1.54) is 95.5 Å². The highest BCUT2D eigenvalue weighted by Gasteiger charge is 2.59. The summed E-state index contributed by atoms with van der Waals surface area (Å²) < 4.78 is 0. The van der Waals surface area contributed by atoms with Gasteiger partial charge in [-0.2, -0.15) is 0 Å². The largest absolute Gasteiger partial charge is 0.392 e. The van der Waals surface area contributed by atoms with E-state index in [0.717, 1.165) is 59.8 Å². The molecular formula is C38H66O. The van der Waals surface area contributed by atoms with Crippen LogP contribution in [0.5, 0.6) is 0 Å². The van der Waals surface area contributed by atoms with Crippen molar-refractivity contribution in [2.45, 2.75) is 150 Å². The van der Waals surface area contributed by atoms with Crippen LogP contribution in [0.1, 0.15) is 150 Å². The molecule has 4 aliphatic carbocycles. The number of allylic oxidation sites excluding steroid dienone is 1. The van der Waals surface area contributed by atoms with Crippen molar-refractivity contribution >= 4 is 0 Å². The summed E-state index contributed by atoms with van der Waals surface area (Å²) >= 11 is 0. The van der Waals surface area contributed by atoms with E-state index >= 15 is 0 Å². The second-order valence-corrected chi connectivity index (χ2v) is 16.2. The SMILES string of the molecule is C=C(CO)CCC(CCCC1CCC2(C)C(CCC3C4CCC(CCCCC(C)C)C4(C)CCC32)C1)C(=C)C. The van der Waals surface area contributed by atoms with Gasteiger partial charge in [0.15, 0.2) is 0 Å². The van der Waals surface area contributed by atoms with Crippen LogP contribution in [0, 0.1) is 58.2 Å². The third-order valence-electron chi connectivity index (χ3n) is 13.5. The normalized spacial score (nSPS) is 38.6. The van der Waals surface area contributed by atoms with Crippen molar-refractivity contribution in [1.29, 1.82) is 0 Å². The second-order valence-electron chi connectivity index (χ2n) is 16.2. The molecule has 224 valence electrons. The van der Waals surface area contributed by atoms with Gasteiger partial charge in [0.25, 0.3) is 0 Å². The van der Waals surface area contributed by atoms with Crippen molar-refractivity contribution in [2.24, 2.45) is 58.2 Å². The average Bonchev–Trinajstić information content (AvgIpc) is 3.24. The van der Waals surface area contributed by atoms with Gasteiger partial charge in [0.1, 0.15) is 0 Å². The lowest BCUT2D eigenvalue weighted by Gasteiger charge is -2.61. The highest BCUT2D eigenvalue weighted by atomic mass is 16.3. The summed E-state index contributed by atoms with van der Waals surface area (Å²) in [5.74, 6) is 7.50. The fraction of sp³-hybridized carbons (Fsp3) is 0.895. The molecule has 4 rings (SSSR count). The van der Waals surface area contributed by atoms with E-state index in [2.05, 4.69) is 47.8 Å². The lowest BCUT2D eigenvalue weighted by Crippen LogP contribution is -2.53. The zero-order chi connectivity index (χ0) is 28.2. The zero-order valence-electron chi connectivity index (χ0n) is 26.9. The van der Waals surface area contributed by atoms with Crippen LogP contribution < -0.4 is 0 Å². The Bertz CT molecular complexity index is 810. The molecule has 4 aliphatic rings. The van der Waals surface area contributed by atoms with E-state index in [-0.39, 0.29) is 6.61 Å². The first kappa shape index (κ1) is 31.4. The fourth-order valence-corrected chi connectivity index (χ4v) is 10.9. The van der Waals surface area contributed by atoms with Crippen LogP contribution in [0.4, 0.5) is 0 Å². The van der Waals surface area contributed by atoms with Crippen molar-refractivity contribution in [3.63, 3.8) is 0 Å². The Labute approximate surface area is 244 Å². The summed E-state index contributed by atoms with van der Waals surface area (Å²) in [6.45, 7) is 20.9. The summed E-state index contributed by atoms with van der Waals surface area (Å²) in [6, 6.07) is 0. The third-order valence-corrected chi connectivity index (χ3v) is 13.5. The van der Waals surface area contributed by atoms with Gasteiger partial charge in [0, 0.05) is 0 Å². The molecule has 0 radical (unpaired) electrons. The van der Waals surface area contributed by atoms with E-state index < -0.39 is 0 Å². The van der Waals surface area contributed by atoms with Crippen molar-refractivity contribution in [2.75, 3.05) is 6.61 Å². The van der Waals surface area contributed by atoms with Crippen molar-refractivity contribution in [3.05, 3.63) is 24.3 Å². The quantitative estimate of drug-likeness (QED) is 0.172. The molecule has 9 unspecified atom stereocenters. The highest BCUT2D eigenvalue weighted by Crippen LogP contribution is 2.68. The van der Waals surface area contributed by atoms with Crippen LogP contribution in [0.3, 0.4) is 0 Å². The Kier molecular flexibility index (Phi) is 10.9. The van der Waals surface area contributed by atoms with E-state index in [1.54, 1.807) is 12.8 Å². The number of aliphatic hydroxyl groups is 1. The average molecular weight is 539 g/mol. The van der Waals surface area contributed by atoms with E-state index in [0.29, 0.717) is 16.7 Å². The van der Waals surface area contributed by atoms with E-state index in [9.17, 15) is 5.11 Å². The molecule has 0 heterocycles. The Hall–Kier alpha value is -0.560. The maximum Gasteiger partial charge on any atom is 0.0639 e. The van der Waals surface area contributed by atoms with Gasteiger partial charge in [-0.3, -0.25) is 0 Å². The number of aliphatic hydroxyl groups excluding tert-OH is 1. The second kappa shape index (κ2) is 13.6. The van der Waals surface area contributed by atoms with Crippen molar-refractivity contribution in [1.82, 2.24) is 0 Å². The van der Waals surface area contributed by atoms with Crippen LogP contribution >= 0.6 is 0 Å². The van der Waals surface area contributed by atoms with Crippen molar-refractivity contribution < 1.29 is 5.11 Å². The van der Waals surface area contributed by atoms with E-state index in [4.69, 9.17) is 0 Å². The topological polar surface area (TPSA) is 20.2 Å². The molecule has 0 saturated heterocycles. The summed E-state index contributed by atoms with van der Waals surface area (Å²) in [4.78, 5) is 0. The van der Waals surface area contributed by atoms with Gasteiger partial charge in [-0.25, -0.2) is 0 Å². The van der Waals surface area contributed by atoms with Gasteiger partial charge in [0.05, 0.1) is 6.61 Å². The first-order valence-corrected chi connectivity index (χ1v) is 17.5. The molecule has 0 aliphatic heterocycles. The van der Waals surface area contributed by atoms with Crippen LogP contribution in [-0.2, 0) is 0 Å². The molecule has 9 atom stereocenters. The van der Waals surface area contributed by atoms with Crippen LogP contribution in [0.25, 0.3) is 0 Å². The van der Waals surface area contributed by atoms with Gasteiger partial charge in [-0.05, 0) is 149 Å². The van der Waals surface area contributed by atoms with E-state index in [1.807, 2.05) is 0 Å². The predicted octanol–water partition coefficient (Wildman–Crippen LogP) is 11.2. The Balaban J connectivity index is 1.27. The van der Waals surface area contributed by atoms with Gasteiger partial charge in [0.2, 0.25) is 0 Å². The lowest BCUT2D eigenvalue weighted by atomic mass is 9.44. The minimum Gasteiger partial charge on any atom is -0.392 e. The third kappa shape index (κ3) is 7.09. The highest BCUT2D eigenvalue weighted by molar-refractivity contribution is 5.09. The predicted molar refractivity (Wildman–Crippen MR) is 170 cm³/mol. The van der Waals surface area contributed by atoms with Gasteiger partial charge < -0.3 is 5.11 Å². The lowest BCUT2D eigenvalue weighted by molar-refractivity contribution is -0.119. The minimum atomic E-state index is 0.131. The molecule has 4 fully saturated rings. The number of unbranched alkanes of at least 4 members (excludes halogenated alkanes) is 1. The number of rotatable bonds is 14. The smallest absolute Gasteiger partial charge is 0.0639 e. The molecular weight excluding hydrogens is 472 g/mol. The molecule has 0 amide bonds. The van der Waals surface area contributed by atoms with Crippen LogP contribution in [0.15, 0.2) is 24.3 Å². The Morgan fingerprint density at radius 3 is 2.28 bits per heavy atom. The number of fused-ring (bicyclic) bond motifs is 5. The maximum absolute atomic E-state index is 9.32. The first-order chi connectivity index (χ1) is 18.6. The molecule has 1 heteroatoms. The van der Waals surface area contributed by atoms with Crippen molar-refractivity contribution in [3.8, 4) is 0 Å². The zero-order valence-corrected chi connectivity index (χ0v) is 26.9. The van der Waals surface area contributed by atoms with Crippen LogP contribution in [0.2, 0.25) is 0 Å². The molecule has 4 saturated carbocycles. The molecule has 0 bridgehead atoms. The Morgan fingerprint density at radius 2 is 1.56 bits per heavy atom. The number of hydrogen-bond acceptors (Lipinski definition) is 1. The standard InChI is InChI=1S/C38H66O/c1-27(2)11-8-9-14-32-18-20-35-34-19-17-33-25-30(12-10-13-31(28(3)4)16-15-29(5)26-39)21-23-38(33,7)36(34)22-24-37(32,35)6/h27,30-36,39H,3,5,8-26H2,1-2,4,6-7H3. The molecule has 0 spiro atoms. The van der Waals surface area contributed by atoms with Gasteiger partial charge in [-0.1, -0.05) is 84.1 Å². The number of hydrogen-bond donors (Lipinski definition) is 1. The van der Waals surface area contributed by atoms with Gasteiger partial charge >= 0.3 is 0 Å². The molecule has 1 N–H and O–H groups in total. The molecule has 0 aromatic heterocycles. The monoisotopic (exact) mass is 539 g/mol. The molecule has 0 aromatic rings. The summed E-state index contributed by atoms with van der Waals surface area (Å²) in [6.07, 6.45) is 25.7. The molecule has 39 heavy (non-hydrogen) atoms. The summed E-state index contributed by atoms with van der Waals surface area (Å²) in [5, 5.41) is 9.32. The molecule has 1 nitrogen and oxygen atoms in total. The fourth-order valence-electron chi connectivity index (χ4n) is 10.9. The molecule has 0 aromatic carbocycles. The minimum absolute atomic E-state index is 0.131. The Morgan fingerprint density at radius 1 is 0.821 bits per heavy atom. The summed E-state index contributed by atoms with van der Waals surface area (Å²) in [7, 11) is 0. The maximum atomic E-state index is 9.32.